The number of aromatic nitrogens is 16. The number of nitrogens with zero attached hydrogens (tertiary/aromatic N) is 32. The van der Waals surface area contributed by atoms with E-state index in [0.29, 0.717) is 58.0 Å². The van der Waals surface area contributed by atoms with E-state index >= 15 is 0 Å². The Bertz CT molecular complexity index is 6670. The molecule has 32 heteroatoms. The molecule has 0 spiro atoms. The SMILES string of the molecule is CCN1c2nccnc2N(c2cccc(N3c4nccnc4N(CC)[C@@H]3C)c2C)[C@@H]1C.Cc1c(N2c3nccnc3N(C(C)C)[C@@H]2C)cccc1N1c2nccnc2N(C(C)C)[C@H]1C.[2H]C([2H])(C)N1c2nccnc2N(c2cccc(N3c4nccnc4N(C([2H])([2H])C([2H])([2H])[2H])[C@@H]3C)c2C)[C@@H]1C.[2H]C([2H])([2H])C([2H])(C)N1c2nccnc2N(c2cccc(N3c4nccnc4N(C([2H])(C([2H])([2H])[2H])C([2H])([2H])[2H])[C@@H]3C)c2C)[C@@H]1C. The number of fused-ring (bicyclic) bond motifs is 8. The maximum Gasteiger partial charge on any atom is 0.178 e. The Morgan fingerprint density at radius 2 is 0.445 bits per heavy atom. The van der Waals surface area contributed by atoms with Gasteiger partial charge in [0, 0.05) is 217 Å². The molecule has 9 atom stereocenters. The molecule has 0 amide bonds. The van der Waals surface area contributed by atoms with Gasteiger partial charge in [0.05, 0.1) is 2.74 Å². The lowest BCUT2D eigenvalue weighted by atomic mass is 10.1. The van der Waals surface area contributed by atoms with Crippen molar-refractivity contribution in [1.82, 2.24) is 79.7 Å². The average molecular weight is 1740 g/mol. The van der Waals surface area contributed by atoms with Crippen LogP contribution in [0.1, 0.15) is 185 Å². The van der Waals surface area contributed by atoms with E-state index in [-0.39, 0.29) is 47.9 Å². The summed E-state index contributed by atoms with van der Waals surface area (Å²) in [5.74, 6) is 9.45. The Hall–Kier alpha value is -13.7. The van der Waals surface area contributed by atoms with E-state index in [2.05, 4.69) is 228 Å². The maximum atomic E-state index is 8.92. The highest BCUT2D eigenvalue weighted by atomic mass is 15.5. The van der Waals surface area contributed by atoms with E-state index in [1.165, 1.54) is 73.3 Å². The fourth-order valence-electron chi connectivity index (χ4n) is 19.6. The van der Waals surface area contributed by atoms with Gasteiger partial charge in [0.1, 0.15) is 49.3 Å². The first-order valence-corrected chi connectivity index (χ1v) is 43.2. The summed E-state index contributed by atoms with van der Waals surface area (Å²) in [6.07, 6.45) is 23.3. The predicted octanol–water partition coefficient (Wildman–Crippen LogP) is 18.4. The van der Waals surface area contributed by atoms with Crippen molar-refractivity contribution < 1.29 is 24.7 Å². The van der Waals surface area contributed by atoms with Crippen LogP contribution in [0, 0.1) is 27.7 Å². The minimum absolute atomic E-state index is 0.0633. The molecule has 32 nitrogen and oxygen atoms in total. The van der Waals surface area contributed by atoms with Crippen LogP contribution in [0.4, 0.5) is 139 Å². The van der Waals surface area contributed by atoms with Crippen molar-refractivity contribution in [3.63, 3.8) is 0 Å². The maximum absolute atomic E-state index is 8.92. The second-order valence-corrected chi connectivity index (χ2v) is 32.7. The monoisotopic (exact) mass is 1740 g/mol. The van der Waals surface area contributed by atoms with E-state index in [1.54, 1.807) is 121 Å². The number of hydrogen-bond donors (Lipinski definition) is 0. The Morgan fingerprint density at radius 3 is 0.672 bits per heavy atom. The first-order valence-electron chi connectivity index (χ1n) is 52.2. The Morgan fingerprint density at radius 1 is 0.258 bits per heavy atom. The van der Waals surface area contributed by atoms with Crippen LogP contribution >= 0.6 is 0 Å². The smallest absolute Gasteiger partial charge is 0.178 e. The Labute approximate surface area is 778 Å². The van der Waals surface area contributed by atoms with E-state index < -0.39 is 77.1 Å². The van der Waals surface area contributed by atoms with Gasteiger partial charge in [0.25, 0.3) is 0 Å². The van der Waals surface area contributed by atoms with Crippen LogP contribution in [-0.2, 0) is 0 Å². The highest BCUT2D eigenvalue weighted by Gasteiger charge is 2.47. The zero-order chi connectivity index (χ0) is 106. The zero-order valence-electron chi connectivity index (χ0n) is 93.7. The van der Waals surface area contributed by atoms with Gasteiger partial charge in [-0.3, -0.25) is 0 Å². The molecule has 0 fully saturated rings. The summed E-state index contributed by atoms with van der Waals surface area (Å²) in [4.78, 5) is 103. The number of rotatable bonds is 16. The largest absolute Gasteiger partial charge is 0.333 e. The molecule has 8 aliphatic heterocycles. The van der Waals surface area contributed by atoms with Crippen molar-refractivity contribution in [2.24, 2.45) is 0 Å². The highest BCUT2D eigenvalue weighted by molar-refractivity contribution is 5.91. The minimum Gasteiger partial charge on any atom is -0.333 e. The molecular formula is C96H120N32. The molecule has 20 rings (SSSR count). The summed E-state index contributed by atoms with van der Waals surface area (Å²) in [7, 11) is 0. The van der Waals surface area contributed by atoms with Gasteiger partial charge in [-0.15, -0.1) is 0 Å². The second-order valence-electron chi connectivity index (χ2n) is 32.7. The van der Waals surface area contributed by atoms with E-state index in [1.807, 2.05) is 36.9 Å². The molecule has 0 radical (unpaired) electrons. The van der Waals surface area contributed by atoms with E-state index in [0.717, 1.165) is 103 Å². The van der Waals surface area contributed by atoms with Gasteiger partial charge in [-0.25, -0.2) is 79.7 Å². The Balaban J connectivity index is 0.000000134. The van der Waals surface area contributed by atoms with Crippen molar-refractivity contribution in [1.29, 1.82) is 0 Å². The van der Waals surface area contributed by atoms with Gasteiger partial charge in [-0.05, 0) is 237 Å². The van der Waals surface area contributed by atoms with Crippen molar-refractivity contribution in [3.05, 3.63) is 194 Å². The molecule has 664 valence electrons. The second kappa shape index (κ2) is 34.9. The molecule has 8 aliphatic rings. The minimum atomic E-state index is -3.25. The fraction of sp³-hybridized carbons (Fsp3) is 0.417. The molecule has 0 bridgehead atoms. The summed E-state index contributed by atoms with van der Waals surface area (Å²) in [5.41, 5.74) is 10.8. The van der Waals surface area contributed by atoms with Crippen LogP contribution < -0.4 is 78.4 Å². The molecule has 0 saturated heterocycles. The first kappa shape index (κ1) is 66.7. The fourth-order valence-corrected chi connectivity index (χ4v) is 19.6. The molecule has 4 aromatic carbocycles. The van der Waals surface area contributed by atoms with Crippen molar-refractivity contribution in [3.8, 4) is 0 Å². The quantitative estimate of drug-likeness (QED) is 0.0870. The molecule has 128 heavy (non-hydrogen) atoms. The third-order valence-electron chi connectivity index (χ3n) is 25.2. The zero-order valence-corrected chi connectivity index (χ0v) is 75.7. The topological polar surface area (TPSA) is 258 Å². The van der Waals surface area contributed by atoms with Crippen LogP contribution in [0.2, 0.25) is 0 Å². The molecule has 12 aromatic rings. The summed E-state index contributed by atoms with van der Waals surface area (Å²) in [6, 6.07) is 19.3. The van der Waals surface area contributed by atoms with Crippen LogP contribution in [0.5, 0.6) is 0 Å². The molecule has 0 N–H and O–H groups in total. The van der Waals surface area contributed by atoms with Gasteiger partial charge < -0.3 is 78.4 Å². The third-order valence-corrected chi connectivity index (χ3v) is 25.2. The average Bonchev–Trinajstić information content (AvgIpc) is 1.52. The Kier molecular flexibility index (Phi) is 18.2. The molecule has 0 saturated carbocycles. The molecular weight excluding hydrogens is 1600 g/mol. The molecule has 16 heterocycles. The first-order chi connectivity index (χ1) is 68.8. The summed E-state index contributed by atoms with van der Waals surface area (Å²) in [5, 5.41) is 0. The van der Waals surface area contributed by atoms with E-state index in [4.69, 9.17) is 34.6 Å². The van der Waals surface area contributed by atoms with Crippen LogP contribution in [0.25, 0.3) is 0 Å². The normalized spacial score (nSPS) is 23.0. The number of hydrogen-bond acceptors (Lipinski definition) is 32. The summed E-state index contributed by atoms with van der Waals surface area (Å²) < 4.78 is 148. The van der Waals surface area contributed by atoms with Crippen LogP contribution in [-0.4, -0.2) is 179 Å². The number of anilines is 24. The van der Waals surface area contributed by atoms with Gasteiger partial charge >= 0.3 is 0 Å². The third kappa shape index (κ3) is 14.1. The van der Waals surface area contributed by atoms with Crippen molar-refractivity contribution in [2.75, 3.05) is 104 Å². The predicted molar refractivity (Wildman–Crippen MR) is 516 cm³/mol. The molecule has 0 aliphatic carbocycles. The number of benzene rings is 4. The summed E-state index contributed by atoms with van der Waals surface area (Å²) >= 11 is 0. The van der Waals surface area contributed by atoms with Crippen LogP contribution in [0.15, 0.2) is 172 Å². The molecule has 1 unspecified atom stereocenters. The lowest BCUT2D eigenvalue weighted by Gasteiger charge is -2.35. The van der Waals surface area contributed by atoms with Gasteiger partial charge in [-0.1, -0.05) is 24.3 Å². The highest BCUT2D eigenvalue weighted by Crippen LogP contribution is 2.54. The van der Waals surface area contributed by atoms with Gasteiger partial charge in [-0.2, -0.15) is 0 Å². The molecule has 8 aromatic heterocycles. The summed E-state index contributed by atoms with van der Waals surface area (Å²) in [6.45, 7) is 24.9. The lowest BCUT2D eigenvalue weighted by Crippen LogP contribution is -2.43. The van der Waals surface area contributed by atoms with Gasteiger partial charge in [0.2, 0.25) is 0 Å². The van der Waals surface area contributed by atoms with Crippen molar-refractivity contribution in [2.45, 2.75) is 239 Å². The van der Waals surface area contributed by atoms with E-state index in [9.17, 15) is 0 Å². The van der Waals surface area contributed by atoms with Crippen molar-refractivity contribution >= 4 is 139 Å². The van der Waals surface area contributed by atoms with Gasteiger partial charge in [0.15, 0.2) is 93.1 Å². The standard InChI is InChI=1S/2C25H32N8.2C23H28N8/c2*1-15(2)30-18(6)32(24-22(30)26-11-13-28-24)20-9-8-10-21(17(20)5)33-19(7)31(16(3)4)23-25(33)29-14-12-27-23;2*1-6-28-16(4)30(22-20(28)24-11-13-26-22)18-9-8-10-19(15(18)3)31-17(5)29(7-2)21-23(31)27-14-12-25-21/h2*8-16,18-19H,1-7H3;2*8-14,16-17H,6-7H2,1-5H3/t2*18-,19+;2*16-,17+/i1D3,2D3,3D3,15D,16D;;1D3,6D2,7D2;/t16?,18-,19+;;m;/m0.0./s1. The lowest BCUT2D eigenvalue weighted by molar-refractivity contribution is 0.598. The van der Waals surface area contributed by atoms with Crippen LogP contribution in [0.3, 0.4) is 0 Å².